The fourth-order valence-corrected chi connectivity index (χ4v) is 2.91. The van der Waals surface area contributed by atoms with Crippen molar-refractivity contribution in [3.8, 4) is 0 Å². The Balaban J connectivity index is 1.70. The van der Waals surface area contributed by atoms with Crippen molar-refractivity contribution in [2.75, 3.05) is 0 Å². The average molecular weight is 319 g/mol. The number of amides is 1. The predicted octanol–water partition coefficient (Wildman–Crippen LogP) is 3.60. The van der Waals surface area contributed by atoms with Crippen molar-refractivity contribution < 1.29 is 9.21 Å². The van der Waals surface area contributed by atoms with E-state index in [-0.39, 0.29) is 22.9 Å². The number of hydrogen-bond acceptors (Lipinski definition) is 3. The summed E-state index contributed by atoms with van der Waals surface area (Å²) < 4.78 is 5.50. The Morgan fingerprint density at radius 3 is 2.50 bits per heavy atom. The number of nitrogens with zero attached hydrogens (tertiary/aromatic N) is 1. The van der Waals surface area contributed by atoms with Gasteiger partial charge in [0.2, 0.25) is 5.43 Å². The Hall–Kier alpha value is -2.88. The van der Waals surface area contributed by atoms with E-state index < -0.39 is 0 Å². The normalized spacial score (nSPS) is 13.8. The van der Waals surface area contributed by atoms with Crippen molar-refractivity contribution in [2.45, 2.75) is 25.4 Å². The lowest BCUT2D eigenvalue weighted by molar-refractivity contribution is 0.0726. The van der Waals surface area contributed by atoms with Crippen molar-refractivity contribution in [3.05, 3.63) is 82.2 Å². The molecular weight excluding hydrogens is 302 g/mol. The molecule has 0 atom stereocenters. The lowest BCUT2D eigenvalue weighted by Crippen LogP contribution is -2.35. The highest BCUT2D eigenvalue weighted by Gasteiger charge is 2.34. The molecular formula is C20H17NO3. The molecule has 1 heterocycles. The Labute approximate surface area is 139 Å². The van der Waals surface area contributed by atoms with Gasteiger partial charge in [0, 0.05) is 12.6 Å². The van der Waals surface area contributed by atoms with Crippen LogP contribution in [-0.2, 0) is 6.54 Å². The van der Waals surface area contributed by atoms with Crippen LogP contribution in [0.5, 0.6) is 0 Å². The van der Waals surface area contributed by atoms with Crippen molar-refractivity contribution in [3.63, 3.8) is 0 Å². The Bertz CT molecular complexity index is 942. The summed E-state index contributed by atoms with van der Waals surface area (Å²) in [4.78, 5) is 27.4. The summed E-state index contributed by atoms with van der Waals surface area (Å²) in [5, 5.41) is 0.443. The minimum atomic E-state index is -0.263. The molecule has 0 bridgehead atoms. The highest BCUT2D eigenvalue weighted by molar-refractivity contribution is 5.96. The van der Waals surface area contributed by atoms with E-state index in [2.05, 4.69) is 0 Å². The molecule has 0 unspecified atom stereocenters. The van der Waals surface area contributed by atoms with Crippen LogP contribution in [0.25, 0.3) is 11.0 Å². The molecule has 0 saturated heterocycles. The third kappa shape index (κ3) is 2.71. The topological polar surface area (TPSA) is 50.5 Å². The zero-order chi connectivity index (χ0) is 16.5. The summed E-state index contributed by atoms with van der Waals surface area (Å²) in [6, 6.07) is 17.1. The van der Waals surface area contributed by atoms with Gasteiger partial charge in [0.25, 0.3) is 5.91 Å². The zero-order valence-corrected chi connectivity index (χ0v) is 13.1. The minimum Gasteiger partial charge on any atom is -0.463 e. The largest absolute Gasteiger partial charge is 0.463 e. The Morgan fingerprint density at radius 2 is 1.75 bits per heavy atom. The molecule has 2 aromatic carbocycles. The molecule has 0 spiro atoms. The summed E-state index contributed by atoms with van der Waals surface area (Å²) >= 11 is 0. The number of carbonyl (C=O) groups excluding carboxylic acids is 1. The maximum atomic E-state index is 13.0. The summed E-state index contributed by atoms with van der Waals surface area (Å²) in [6.45, 7) is 0.511. The number of para-hydroxylation sites is 1. The Morgan fingerprint density at radius 1 is 1.04 bits per heavy atom. The molecule has 1 aliphatic carbocycles. The van der Waals surface area contributed by atoms with E-state index in [1.54, 1.807) is 29.2 Å². The third-order valence-electron chi connectivity index (χ3n) is 4.35. The SMILES string of the molecule is O=C(c1coc2ccccc2c1=O)N(Cc1ccccc1)C1CC1. The van der Waals surface area contributed by atoms with Crippen LogP contribution in [-0.4, -0.2) is 16.8 Å². The van der Waals surface area contributed by atoms with Crippen molar-refractivity contribution in [1.29, 1.82) is 0 Å². The monoisotopic (exact) mass is 319 g/mol. The van der Waals surface area contributed by atoms with E-state index in [9.17, 15) is 9.59 Å². The summed E-state index contributed by atoms with van der Waals surface area (Å²) in [6.07, 6.45) is 3.27. The average Bonchev–Trinajstić information content (AvgIpc) is 3.46. The second-order valence-electron chi connectivity index (χ2n) is 6.12. The lowest BCUT2D eigenvalue weighted by Gasteiger charge is -2.22. The van der Waals surface area contributed by atoms with Crippen molar-refractivity contribution in [2.24, 2.45) is 0 Å². The van der Waals surface area contributed by atoms with Gasteiger partial charge in [-0.3, -0.25) is 9.59 Å². The van der Waals surface area contributed by atoms with E-state index in [0.29, 0.717) is 17.5 Å². The van der Waals surface area contributed by atoms with Crippen LogP contribution in [0.4, 0.5) is 0 Å². The number of benzene rings is 2. The fourth-order valence-electron chi connectivity index (χ4n) is 2.91. The number of fused-ring (bicyclic) bond motifs is 1. The summed E-state index contributed by atoms with van der Waals surface area (Å²) in [5.41, 5.74) is 1.40. The predicted molar refractivity (Wildman–Crippen MR) is 91.8 cm³/mol. The smallest absolute Gasteiger partial charge is 0.261 e. The van der Waals surface area contributed by atoms with Gasteiger partial charge in [-0.05, 0) is 30.5 Å². The highest BCUT2D eigenvalue weighted by atomic mass is 16.3. The molecule has 0 aliphatic heterocycles. The van der Waals surface area contributed by atoms with E-state index >= 15 is 0 Å². The third-order valence-corrected chi connectivity index (χ3v) is 4.35. The second-order valence-corrected chi connectivity index (χ2v) is 6.12. The fraction of sp³-hybridized carbons (Fsp3) is 0.200. The summed E-state index contributed by atoms with van der Waals surface area (Å²) in [7, 11) is 0. The maximum Gasteiger partial charge on any atom is 0.261 e. The molecule has 1 fully saturated rings. The van der Waals surface area contributed by atoms with Gasteiger partial charge in [0.15, 0.2) is 0 Å². The van der Waals surface area contributed by atoms with Gasteiger partial charge in [0.05, 0.1) is 5.39 Å². The Kier molecular flexibility index (Phi) is 3.65. The van der Waals surface area contributed by atoms with Crippen molar-refractivity contribution in [1.82, 2.24) is 4.90 Å². The van der Waals surface area contributed by atoms with Crippen LogP contribution in [0.1, 0.15) is 28.8 Å². The van der Waals surface area contributed by atoms with Gasteiger partial charge < -0.3 is 9.32 Å². The maximum absolute atomic E-state index is 13.0. The first-order valence-corrected chi connectivity index (χ1v) is 8.09. The standard InChI is InChI=1S/C20H17NO3/c22-19-16-8-4-5-9-18(16)24-13-17(19)20(23)21(15-10-11-15)12-14-6-2-1-3-7-14/h1-9,13,15H,10-12H2. The zero-order valence-electron chi connectivity index (χ0n) is 13.1. The molecule has 120 valence electrons. The van der Waals surface area contributed by atoms with Gasteiger partial charge in [-0.25, -0.2) is 0 Å². The van der Waals surface area contributed by atoms with Crippen molar-refractivity contribution >= 4 is 16.9 Å². The number of hydrogen-bond donors (Lipinski definition) is 0. The molecule has 0 radical (unpaired) electrons. The molecule has 0 N–H and O–H groups in total. The van der Waals surface area contributed by atoms with Crippen LogP contribution >= 0.6 is 0 Å². The lowest BCUT2D eigenvalue weighted by atomic mass is 10.1. The van der Waals surface area contributed by atoms with Gasteiger partial charge in [-0.15, -0.1) is 0 Å². The molecule has 4 rings (SSSR count). The van der Waals surface area contributed by atoms with E-state index in [4.69, 9.17) is 4.42 Å². The number of carbonyl (C=O) groups is 1. The molecule has 1 aliphatic rings. The van der Waals surface area contributed by atoms with E-state index in [1.165, 1.54) is 6.26 Å². The first kappa shape index (κ1) is 14.7. The molecule has 4 heteroatoms. The van der Waals surface area contributed by atoms with Gasteiger partial charge in [-0.2, -0.15) is 0 Å². The quantitative estimate of drug-likeness (QED) is 0.738. The molecule has 24 heavy (non-hydrogen) atoms. The highest BCUT2D eigenvalue weighted by Crippen LogP contribution is 2.29. The van der Waals surface area contributed by atoms with Crippen LogP contribution in [0, 0.1) is 0 Å². The molecule has 1 aromatic heterocycles. The minimum absolute atomic E-state index is 0.108. The second kappa shape index (κ2) is 5.96. The summed E-state index contributed by atoms with van der Waals surface area (Å²) in [5.74, 6) is -0.249. The van der Waals surface area contributed by atoms with Crippen LogP contribution in [0.3, 0.4) is 0 Å². The van der Waals surface area contributed by atoms with Crippen LogP contribution in [0.15, 0.2) is 70.1 Å². The van der Waals surface area contributed by atoms with Crippen LogP contribution in [0.2, 0.25) is 0 Å². The van der Waals surface area contributed by atoms with Gasteiger partial charge in [0.1, 0.15) is 17.4 Å². The number of rotatable bonds is 4. The molecule has 1 amide bonds. The first-order chi connectivity index (χ1) is 11.7. The molecule has 1 saturated carbocycles. The molecule has 4 nitrogen and oxygen atoms in total. The van der Waals surface area contributed by atoms with Crippen LogP contribution < -0.4 is 5.43 Å². The molecule has 3 aromatic rings. The van der Waals surface area contributed by atoms with Gasteiger partial charge >= 0.3 is 0 Å². The van der Waals surface area contributed by atoms with E-state index in [0.717, 1.165) is 18.4 Å². The van der Waals surface area contributed by atoms with E-state index in [1.807, 2.05) is 30.3 Å². The van der Waals surface area contributed by atoms with Gasteiger partial charge in [-0.1, -0.05) is 42.5 Å². The first-order valence-electron chi connectivity index (χ1n) is 8.09.